The first-order chi connectivity index (χ1) is 12.1. The molecule has 2 aromatic rings. The normalized spacial score (nSPS) is 21.5. The molecule has 25 heavy (non-hydrogen) atoms. The number of ether oxygens (including phenoxy) is 1. The molecule has 0 spiro atoms. The van der Waals surface area contributed by atoms with E-state index in [0.29, 0.717) is 0 Å². The van der Waals surface area contributed by atoms with Crippen molar-refractivity contribution in [1.82, 2.24) is 5.32 Å². The van der Waals surface area contributed by atoms with Gasteiger partial charge >= 0.3 is 0 Å². The first-order valence-electron chi connectivity index (χ1n) is 8.91. The summed E-state index contributed by atoms with van der Waals surface area (Å²) in [7, 11) is 0. The van der Waals surface area contributed by atoms with Gasteiger partial charge in [0, 0.05) is 19.1 Å². The zero-order valence-electron chi connectivity index (χ0n) is 14.7. The van der Waals surface area contributed by atoms with Crippen LogP contribution in [-0.2, 0) is 9.53 Å². The van der Waals surface area contributed by atoms with Gasteiger partial charge in [-0.1, -0.05) is 60.2 Å². The average Bonchev–Trinajstić information content (AvgIpc) is 2.63. The Morgan fingerprint density at radius 3 is 2.64 bits per heavy atom. The minimum atomic E-state index is -0.288. The molecule has 1 fully saturated rings. The van der Waals surface area contributed by atoms with E-state index in [4.69, 9.17) is 10.5 Å². The van der Waals surface area contributed by atoms with Gasteiger partial charge in [0.25, 0.3) is 0 Å². The third kappa shape index (κ3) is 4.68. The van der Waals surface area contributed by atoms with Gasteiger partial charge < -0.3 is 15.8 Å². The number of hydrogen-bond acceptors (Lipinski definition) is 3. The molecule has 0 bridgehead atoms. The van der Waals surface area contributed by atoms with Crippen LogP contribution in [0.2, 0.25) is 0 Å². The van der Waals surface area contributed by atoms with Crippen LogP contribution in [0.15, 0.2) is 54.6 Å². The molecule has 3 N–H and O–H groups in total. The van der Waals surface area contributed by atoms with Crippen LogP contribution in [0.1, 0.15) is 48.1 Å². The Morgan fingerprint density at radius 1 is 1.20 bits per heavy atom. The van der Waals surface area contributed by atoms with E-state index in [2.05, 4.69) is 36.5 Å². The van der Waals surface area contributed by atoms with Crippen molar-refractivity contribution >= 4 is 5.91 Å². The van der Waals surface area contributed by atoms with Gasteiger partial charge in [-0.2, -0.15) is 0 Å². The molecule has 3 unspecified atom stereocenters. The lowest BCUT2D eigenvalue weighted by Crippen LogP contribution is -2.43. The zero-order valence-corrected chi connectivity index (χ0v) is 14.7. The summed E-state index contributed by atoms with van der Waals surface area (Å²) in [6.07, 6.45) is 2.07. The van der Waals surface area contributed by atoms with Crippen molar-refractivity contribution < 1.29 is 9.53 Å². The molecular formula is C21H26N2O2. The van der Waals surface area contributed by atoms with Crippen LogP contribution in [0.4, 0.5) is 0 Å². The highest BCUT2D eigenvalue weighted by Crippen LogP contribution is 2.29. The molecule has 3 atom stereocenters. The topological polar surface area (TPSA) is 64.3 Å². The molecule has 4 nitrogen and oxygen atoms in total. The van der Waals surface area contributed by atoms with Gasteiger partial charge in [-0.15, -0.1) is 0 Å². The Labute approximate surface area is 149 Å². The highest BCUT2D eigenvalue weighted by Gasteiger charge is 2.29. The number of benzene rings is 2. The molecule has 0 aromatic heterocycles. The molecule has 1 aliphatic rings. The van der Waals surface area contributed by atoms with E-state index < -0.39 is 0 Å². The van der Waals surface area contributed by atoms with Crippen LogP contribution in [0.3, 0.4) is 0 Å². The largest absolute Gasteiger partial charge is 0.371 e. The fourth-order valence-corrected chi connectivity index (χ4v) is 3.30. The number of nitrogens with one attached hydrogen (secondary N) is 1. The van der Waals surface area contributed by atoms with E-state index in [1.54, 1.807) is 0 Å². The Hall–Kier alpha value is -2.17. The maximum absolute atomic E-state index is 12.5. The van der Waals surface area contributed by atoms with E-state index in [9.17, 15) is 4.79 Å². The predicted molar refractivity (Wildman–Crippen MR) is 99.0 cm³/mol. The minimum absolute atomic E-state index is 0.00747. The average molecular weight is 338 g/mol. The fraction of sp³-hybridized carbons (Fsp3) is 0.381. The Bertz CT molecular complexity index is 685. The number of rotatable bonds is 5. The summed E-state index contributed by atoms with van der Waals surface area (Å²) in [4.78, 5) is 12.5. The molecule has 4 heteroatoms. The van der Waals surface area contributed by atoms with Gasteiger partial charge in [0.2, 0.25) is 5.91 Å². The van der Waals surface area contributed by atoms with Crippen molar-refractivity contribution in [2.75, 3.05) is 6.61 Å². The van der Waals surface area contributed by atoms with Crippen LogP contribution in [0, 0.1) is 6.92 Å². The summed E-state index contributed by atoms with van der Waals surface area (Å²) < 4.78 is 5.96. The standard InChI is InChI=1S/C21H26N2O2/c1-15-9-11-17(12-10-15)21-19(8-5-13-25-21)23-20(24)14-18(22)16-6-3-2-4-7-16/h2-4,6-7,9-12,18-19,21H,5,8,13-14,22H2,1H3,(H,23,24). The number of aryl methyl sites for hydroxylation is 1. The summed E-state index contributed by atoms with van der Waals surface area (Å²) in [5, 5.41) is 3.14. The van der Waals surface area contributed by atoms with Crippen LogP contribution < -0.4 is 11.1 Å². The minimum Gasteiger partial charge on any atom is -0.371 e. The fourth-order valence-electron chi connectivity index (χ4n) is 3.30. The van der Waals surface area contributed by atoms with E-state index in [1.165, 1.54) is 5.56 Å². The quantitative estimate of drug-likeness (QED) is 0.878. The summed E-state index contributed by atoms with van der Waals surface area (Å²) >= 11 is 0. The summed E-state index contributed by atoms with van der Waals surface area (Å²) in [6, 6.07) is 17.8. The number of nitrogens with two attached hydrogens (primary N) is 1. The van der Waals surface area contributed by atoms with Gasteiger partial charge in [-0.25, -0.2) is 0 Å². The molecule has 3 rings (SSSR count). The van der Waals surface area contributed by atoms with E-state index in [-0.39, 0.29) is 30.5 Å². The molecule has 0 radical (unpaired) electrons. The molecular weight excluding hydrogens is 312 g/mol. The molecule has 0 aliphatic carbocycles. The van der Waals surface area contributed by atoms with Gasteiger partial charge in [0.15, 0.2) is 0 Å². The predicted octanol–water partition coefficient (Wildman–Crippen LogP) is 3.42. The molecule has 132 valence electrons. The lowest BCUT2D eigenvalue weighted by atomic mass is 9.95. The van der Waals surface area contributed by atoms with Crippen LogP contribution in [-0.4, -0.2) is 18.6 Å². The molecule has 0 saturated carbocycles. The van der Waals surface area contributed by atoms with Gasteiger partial charge in [-0.05, 0) is 30.9 Å². The van der Waals surface area contributed by atoms with Crippen molar-refractivity contribution in [2.24, 2.45) is 5.73 Å². The maximum Gasteiger partial charge on any atom is 0.222 e. The van der Waals surface area contributed by atoms with Crippen molar-refractivity contribution in [3.63, 3.8) is 0 Å². The first kappa shape index (κ1) is 17.6. The van der Waals surface area contributed by atoms with Crippen molar-refractivity contribution in [3.8, 4) is 0 Å². The van der Waals surface area contributed by atoms with Crippen molar-refractivity contribution in [2.45, 2.75) is 44.4 Å². The second kappa shape index (κ2) is 8.28. The van der Waals surface area contributed by atoms with Crippen molar-refractivity contribution in [1.29, 1.82) is 0 Å². The Kier molecular flexibility index (Phi) is 5.84. The molecule has 1 aliphatic heterocycles. The van der Waals surface area contributed by atoms with Gasteiger partial charge in [0.05, 0.1) is 6.04 Å². The first-order valence-corrected chi connectivity index (χ1v) is 8.91. The maximum atomic E-state index is 12.5. The third-order valence-electron chi connectivity index (χ3n) is 4.71. The Morgan fingerprint density at radius 2 is 1.92 bits per heavy atom. The molecule has 1 saturated heterocycles. The van der Waals surface area contributed by atoms with E-state index in [0.717, 1.165) is 30.6 Å². The molecule has 1 heterocycles. The highest BCUT2D eigenvalue weighted by atomic mass is 16.5. The number of amides is 1. The molecule has 2 aromatic carbocycles. The lowest BCUT2D eigenvalue weighted by molar-refractivity contribution is -0.124. The number of hydrogen-bond donors (Lipinski definition) is 2. The summed E-state index contributed by atoms with van der Waals surface area (Å²) in [6.45, 7) is 2.80. The second-order valence-corrected chi connectivity index (χ2v) is 6.74. The third-order valence-corrected chi connectivity index (χ3v) is 4.71. The van der Waals surface area contributed by atoms with E-state index in [1.807, 2.05) is 30.3 Å². The molecule has 1 amide bonds. The summed E-state index contributed by atoms with van der Waals surface area (Å²) in [5.74, 6) is -0.0241. The smallest absolute Gasteiger partial charge is 0.222 e. The van der Waals surface area contributed by atoms with Crippen LogP contribution in [0.25, 0.3) is 0 Å². The highest BCUT2D eigenvalue weighted by molar-refractivity contribution is 5.77. The lowest BCUT2D eigenvalue weighted by Gasteiger charge is -2.33. The van der Waals surface area contributed by atoms with Gasteiger partial charge in [-0.3, -0.25) is 4.79 Å². The number of carbonyl (C=O) groups excluding carboxylic acids is 1. The van der Waals surface area contributed by atoms with Crippen LogP contribution >= 0.6 is 0 Å². The van der Waals surface area contributed by atoms with Crippen LogP contribution in [0.5, 0.6) is 0 Å². The summed E-state index contributed by atoms with van der Waals surface area (Å²) in [5.41, 5.74) is 9.48. The zero-order chi connectivity index (χ0) is 17.6. The monoisotopic (exact) mass is 338 g/mol. The van der Waals surface area contributed by atoms with E-state index >= 15 is 0 Å². The Balaban J connectivity index is 1.63. The second-order valence-electron chi connectivity index (χ2n) is 6.74. The van der Waals surface area contributed by atoms with Crippen molar-refractivity contribution in [3.05, 3.63) is 71.3 Å². The van der Waals surface area contributed by atoms with Gasteiger partial charge in [0.1, 0.15) is 6.10 Å². The SMILES string of the molecule is Cc1ccc(C2OCCCC2NC(=O)CC(N)c2ccccc2)cc1. The number of carbonyl (C=O) groups is 1.